The summed E-state index contributed by atoms with van der Waals surface area (Å²) >= 11 is 1.64. The maximum atomic E-state index is 13.4. The number of hydrogen-bond donors (Lipinski definition) is 0. The number of hydrogen-bond acceptors (Lipinski definition) is 3. The van der Waals surface area contributed by atoms with Crippen molar-refractivity contribution < 1.29 is 4.79 Å². The van der Waals surface area contributed by atoms with Gasteiger partial charge in [-0.25, -0.2) is 4.98 Å². The van der Waals surface area contributed by atoms with Crippen LogP contribution in [0.2, 0.25) is 0 Å². The number of benzene rings is 2. The topological polar surface area (TPSA) is 33.2 Å². The SMILES string of the molecule is Cc1cc(C)c2nc(N(Cc3ccccc3)C(=O)C3CCCCC3)sc2c1. The molecule has 0 spiro atoms. The van der Waals surface area contributed by atoms with Crippen LogP contribution in [0, 0.1) is 19.8 Å². The van der Waals surface area contributed by atoms with E-state index < -0.39 is 0 Å². The summed E-state index contributed by atoms with van der Waals surface area (Å²) in [6.45, 7) is 4.80. The van der Waals surface area contributed by atoms with E-state index in [9.17, 15) is 4.79 Å². The van der Waals surface area contributed by atoms with Crippen LogP contribution in [0.4, 0.5) is 5.13 Å². The lowest BCUT2D eigenvalue weighted by Crippen LogP contribution is -2.36. The molecule has 0 aliphatic heterocycles. The number of anilines is 1. The summed E-state index contributed by atoms with van der Waals surface area (Å²) in [5.74, 6) is 0.379. The highest BCUT2D eigenvalue weighted by Crippen LogP contribution is 2.35. The average Bonchev–Trinajstić information content (AvgIpc) is 3.11. The standard InChI is InChI=1S/C23H26N2OS/c1-16-13-17(2)21-20(14-16)27-23(24-21)25(15-18-9-5-3-6-10-18)22(26)19-11-7-4-8-12-19/h3,5-6,9-10,13-14,19H,4,7-8,11-12,15H2,1-2H3. The Morgan fingerprint density at radius 3 is 2.59 bits per heavy atom. The van der Waals surface area contributed by atoms with Crippen molar-refractivity contribution in [2.45, 2.75) is 52.5 Å². The Morgan fingerprint density at radius 1 is 1.11 bits per heavy atom. The Labute approximate surface area is 165 Å². The van der Waals surface area contributed by atoms with E-state index in [4.69, 9.17) is 4.98 Å². The summed E-state index contributed by atoms with van der Waals surface area (Å²) < 4.78 is 1.16. The molecule has 3 nitrogen and oxygen atoms in total. The Kier molecular flexibility index (Phi) is 5.26. The number of fused-ring (bicyclic) bond motifs is 1. The third-order valence-electron chi connectivity index (χ3n) is 5.45. The summed E-state index contributed by atoms with van der Waals surface area (Å²) in [5, 5.41) is 0.832. The summed E-state index contributed by atoms with van der Waals surface area (Å²) in [4.78, 5) is 20.2. The van der Waals surface area contributed by atoms with E-state index in [-0.39, 0.29) is 11.8 Å². The van der Waals surface area contributed by atoms with Gasteiger partial charge in [0.1, 0.15) is 0 Å². The zero-order valence-corrected chi connectivity index (χ0v) is 16.9. The van der Waals surface area contributed by atoms with E-state index in [1.54, 1.807) is 11.3 Å². The first-order chi connectivity index (χ1) is 13.1. The number of carbonyl (C=O) groups excluding carboxylic acids is 1. The zero-order chi connectivity index (χ0) is 18.8. The third kappa shape index (κ3) is 3.91. The predicted molar refractivity (Wildman–Crippen MR) is 113 cm³/mol. The van der Waals surface area contributed by atoms with Gasteiger partial charge in [0.25, 0.3) is 0 Å². The van der Waals surface area contributed by atoms with Gasteiger partial charge in [-0.15, -0.1) is 0 Å². The molecule has 140 valence electrons. The summed E-state index contributed by atoms with van der Waals surface area (Å²) in [7, 11) is 0. The van der Waals surface area contributed by atoms with Crippen LogP contribution in [0.3, 0.4) is 0 Å². The van der Waals surface area contributed by atoms with Gasteiger partial charge < -0.3 is 0 Å². The Bertz CT molecular complexity index is 942. The lowest BCUT2D eigenvalue weighted by molar-refractivity contribution is -0.123. The molecule has 1 aliphatic rings. The second-order valence-corrected chi connectivity index (χ2v) is 8.68. The summed E-state index contributed by atoms with van der Waals surface area (Å²) in [5.41, 5.74) is 4.59. The molecule has 1 heterocycles. The molecular formula is C23H26N2OS. The van der Waals surface area contributed by atoms with Crippen LogP contribution in [0.1, 0.15) is 48.8 Å². The molecule has 4 rings (SSSR count). The van der Waals surface area contributed by atoms with Gasteiger partial charge in [-0.3, -0.25) is 9.69 Å². The molecule has 0 unspecified atom stereocenters. The number of thiazole rings is 1. The molecule has 0 radical (unpaired) electrons. The zero-order valence-electron chi connectivity index (χ0n) is 16.1. The molecule has 27 heavy (non-hydrogen) atoms. The van der Waals surface area contributed by atoms with E-state index >= 15 is 0 Å². The minimum atomic E-state index is 0.136. The first-order valence-corrected chi connectivity index (χ1v) is 10.7. The first kappa shape index (κ1) is 18.2. The van der Waals surface area contributed by atoms with E-state index in [1.165, 1.54) is 17.5 Å². The van der Waals surface area contributed by atoms with Crippen LogP contribution < -0.4 is 4.90 Å². The largest absolute Gasteiger partial charge is 0.283 e. The molecular weight excluding hydrogens is 352 g/mol. The summed E-state index contributed by atoms with van der Waals surface area (Å²) in [6.07, 6.45) is 5.59. The van der Waals surface area contributed by atoms with Crippen molar-refractivity contribution in [3.8, 4) is 0 Å². The molecule has 2 aromatic carbocycles. The lowest BCUT2D eigenvalue weighted by atomic mass is 9.88. The fourth-order valence-corrected chi connectivity index (χ4v) is 5.20. The summed E-state index contributed by atoms with van der Waals surface area (Å²) in [6, 6.07) is 14.6. The number of nitrogens with zero attached hydrogens (tertiary/aromatic N) is 2. The number of aryl methyl sites for hydroxylation is 2. The number of rotatable bonds is 4. The maximum absolute atomic E-state index is 13.4. The van der Waals surface area contributed by atoms with Crippen LogP contribution in [0.15, 0.2) is 42.5 Å². The van der Waals surface area contributed by atoms with Crippen molar-refractivity contribution in [3.63, 3.8) is 0 Å². The molecule has 4 heteroatoms. The molecule has 1 fully saturated rings. The smallest absolute Gasteiger partial charge is 0.232 e. The van der Waals surface area contributed by atoms with Gasteiger partial charge in [-0.05, 0) is 49.4 Å². The van der Waals surface area contributed by atoms with E-state index in [0.717, 1.165) is 46.6 Å². The molecule has 3 aromatic rings. The predicted octanol–water partition coefficient (Wildman–Crippen LogP) is 6.03. The average molecular weight is 379 g/mol. The second-order valence-electron chi connectivity index (χ2n) is 7.67. The molecule has 0 N–H and O–H groups in total. The van der Waals surface area contributed by atoms with Gasteiger partial charge in [0.2, 0.25) is 5.91 Å². The Balaban J connectivity index is 1.72. The van der Waals surface area contributed by atoms with Crippen LogP contribution in [-0.4, -0.2) is 10.9 Å². The van der Waals surface area contributed by atoms with E-state index in [1.807, 2.05) is 23.1 Å². The maximum Gasteiger partial charge on any atom is 0.232 e. The Hall–Kier alpha value is -2.20. The fraction of sp³-hybridized carbons (Fsp3) is 0.391. The highest BCUT2D eigenvalue weighted by Gasteiger charge is 2.29. The van der Waals surface area contributed by atoms with Crippen LogP contribution in [0.5, 0.6) is 0 Å². The molecule has 0 atom stereocenters. The van der Waals surface area contributed by atoms with Gasteiger partial charge in [0.05, 0.1) is 16.8 Å². The second kappa shape index (κ2) is 7.81. The van der Waals surface area contributed by atoms with E-state index in [0.29, 0.717) is 6.54 Å². The van der Waals surface area contributed by atoms with E-state index in [2.05, 4.69) is 38.1 Å². The van der Waals surface area contributed by atoms with Crippen molar-refractivity contribution in [2.24, 2.45) is 5.92 Å². The van der Waals surface area contributed by atoms with Crippen molar-refractivity contribution in [1.82, 2.24) is 4.98 Å². The van der Waals surface area contributed by atoms with Crippen molar-refractivity contribution in [2.75, 3.05) is 4.90 Å². The number of carbonyl (C=O) groups is 1. The third-order valence-corrected chi connectivity index (χ3v) is 6.48. The van der Waals surface area contributed by atoms with Crippen LogP contribution >= 0.6 is 11.3 Å². The van der Waals surface area contributed by atoms with Crippen molar-refractivity contribution in [3.05, 3.63) is 59.2 Å². The molecule has 0 bridgehead atoms. The molecule has 1 aliphatic carbocycles. The van der Waals surface area contributed by atoms with Crippen molar-refractivity contribution in [1.29, 1.82) is 0 Å². The molecule has 1 saturated carbocycles. The monoisotopic (exact) mass is 378 g/mol. The van der Waals surface area contributed by atoms with Gasteiger partial charge in [-0.2, -0.15) is 0 Å². The van der Waals surface area contributed by atoms with Crippen molar-refractivity contribution >= 4 is 32.6 Å². The van der Waals surface area contributed by atoms with Crippen LogP contribution in [-0.2, 0) is 11.3 Å². The number of aromatic nitrogens is 1. The van der Waals surface area contributed by atoms with Gasteiger partial charge in [0, 0.05) is 5.92 Å². The molecule has 1 amide bonds. The fourth-order valence-electron chi connectivity index (χ4n) is 4.05. The Morgan fingerprint density at radius 2 is 1.85 bits per heavy atom. The minimum Gasteiger partial charge on any atom is -0.283 e. The highest BCUT2D eigenvalue weighted by molar-refractivity contribution is 7.22. The quantitative estimate of drug-likeness (QED) is 0.555. The highest BCUT2D eigenvalue weighted by atomic mass is 32.1. The molecule has 0 saturated heterocycles. The normalized spacial score (nSPS) is 15.2. The van der Waals surface area contributed by atoms with Gasteiger partial charge >= 0.3 is 0 Å². The lowest BCUT2D eigenvalue weighted by Gasteiger charge is -2.27. The van der Waals surface area contributed by atoms with Gasteiger partial charge in [-0.1, -0.05) is 67.0 Å². The first-order valence-electron chi connectivity index (χ1n) is 9.85. The van der Waals surface area contributed by atoms with Gasteiger partial charge in [0.15, 0.2) is 5.13 Å². The minimum absolute atomic E-state index is 0.136. The number of amides is 1. The molecule has 1 aromatic heterocycles. The van der Waals surface area contributed by atoms with Crippen LogP contribution in [0.25, 0.3) is 10.2 Å².